The van der Waals surface area contributed by atoms with Crippen molar-refractivity contribution in [3.63, 3.8) is 0 Å². The standard InChI is InChI=1S/C14H25N3O2.ClH/c1-10(2)17-8-6-12(14(17)19)16-13(18)4-3-11-5-7-15-9-11;/h10-12,15H,3-9H2,1-2H3,(H,16,18);1H. The first-order chi connectivity index (χ1) is 9.08. The Morgan fingerprint density at radius 3 is 2.75 bits per heavy atom. The van der Waals surface area contributed by atoms with Crippen LogP contribution in [0.15, 0.2) is 0 Å². The molecule has 0 radical (unpaired) electrons. The van der Waals surface area contributed by atoms with E-state index < -0.39 is 0 Å². The van der Waals surface area contributed by atoms with Crippen LogP contribution in [0.4, 0.5) is 0 Å². The number of rotatable bonds is 5. The summed E-state index contributed by atoms with van der Waals surface area (Å²) in [7, 11) is 0. The number of hydrogen-bond acceptors (Lipinski definition) is 3. The lowest BCUT2D eigenvalue weighted by Gasteiger charge is -2.21. The van der Waals surface area contributed by atoms with Gasteiger partial charge in [0.05, 0.1) is 0 Å². The van der Waals surface area contributed by atoms with E-state index in [1.54, 1.807) is 0 Å². The summed E-state index contributed by atoms with van der Waals surface area (Å²) in [6.07, 6.45) is 3.37. The molecule has 6 heteroatoms. The average molecular weight is 304 g/mol. The summed E-state index contributed by atoms with van der Waals surface area (Å²) in [4.78, 5) is 25.8. The first-order valence-electron chi connectivity index (χ1n) is 7.38. The maximum atomic E-state index is 12.0. The summed E-state index contributed by atoms with van der Waals surface area (Å²) in [5.41, 5.74) is 0. The maximum absolute atomic E-state index is 12.0. The molecule has 5 nitrogen and oxygen atoms in total. The van der Waals surface area contributed by atoms with Crippen LogP contribution in [0.25, 0.3) is 0 Å². The van der Waals surface area contributed by atoms with Crippen molar-refractivity contribution in [2.24, 2.45) is 5.92 Å². The summed E-state index contributed by atoms with van der Waals surface area (Å²) in [6, 6.07) is -0.0735. The highest BCUT2D eigenvalue weighted by molar-refractivity contribution is 5.89. The van der Waals surface area contributed by atoms with Gasteiger partial charge in [0, 0.05) is 19.0 Å². The summed E-state index contributed by atoms with van der Waals surface area (Å²) in [5.74, 6) is 0.721. The molecule has 2 saturated heterocycles. The second-order valence-electron chi connectivity index (χ2n) is 5.93. The van der Waals surface area contributed by atoms with Crippen molar-refractivity contribution in [2.45, 2.75) is 51.6 Å². The smallest absolute Gasteiger partial charge is 0.245 e. The van der Waals surface area contributed by atoms with Crippen molar-refractivity contribution in [3.05, 3.63) is 0 Å². The predicted octanol–water partition coefficient (Wildman–Crippen LogP) is 0.923. The molecule has 2 atom stereocenters. The third-order valence-electron chi connectivity index (χ3n) is 4.14. The summed E-state index contributed by atoms with van der Waals surface area (Å²) < 4.78 is 0. The van der Waals surface area contributed by atoms with Crippen molar-refractivity contribution < 1.29 is 9.59 Å². The topological polar surface area (TPSA) is 61.4 Å². The molecule has 2 heterocycles. The molecular formula is C14H26ClN3O2. The van der Waals surface area contributed by atoms with Crippen molar-refractivity contribution in [1.82, 2.24) is 15.5 Å². The van der Waals surface area contributed by atoms with Crippen LogP contribution in [0.1, 0.15) is 39.5 Å². The van der Waals surface area contributed by atoms with Crippen LogP contribution in [0.5, 0.6) is 0 Å². The molecule has 2 rings (SSSR count). The molecule has 0 saturated carbocycles. The van der Waals surface area contributed by atoms with Gasteiger partial charge < -0.3 is 15.5 Å². The Hall–Kier alpha value is -0.810. The third-order valence-corrected chi connectivity index (χ3v) is 4.14. The van der Waals surface area contributed by atoms with Gasteiger partial charge in [0.2, 0.25) is 11.8 Å². The highest BCUT2D eigenvalue weighted by Gasteiger charge is 2.33. The van der Waals surface area contributed by atoms with Gasteiger partial charge in [0.15, 0.2) is 0 Å². The molecule has 20 heavy (non-hydrogen) atoms. The molecule has 0 aromatic rings. The van der Waals surface area contributed by atoms with Gasteiger partial charge in [-0.25, -0.2) is 0 Å². The van der Waals surface area contributed by atoms with Gasteiger partial charge in [-0.1, -0.05) is 0 Å². The minimum atomic E-state index is -0.295. The largest absolute Gasteiger partial charge is 0.344 e. The zero-order chi connectivity index (χ0) is 13.8. The molecule has 0 spiro atoms. The monoisotopic (exact) mass is 303 g/mol. The zero-order valence-corrected chi connectivity index (χ0v) is 13.2. The number of halogens is 1. The Balaban J connectivity index is 0.00000200. The quantitative estimate of drug-likeness (QED) is 0.794. The van der Waals surface area contributed by atoms with Crippen molar-refractivity contribution in [3.8, 4) is 0 Å². The SMILES string of the molecule is CC(C)N1CCC(NC(=O)CCC2CCNC2)C1=O.Cl. The number of nitrogens with one attached hydrogen (secondary N) is 2. The number of amides is 2. The Kier molecular flexibility index (Phi) is 6.76. The van der Waals surface area contributed by atoms with E-state index >= 15 is 0 Å². The van der Waals surface area contributed by atoms with Crippen molar-refractivity contribution in [2.75, 3.05) is 19.6 Å². The van der Waals surface area contributed by atoms with E-state index in [1.807, 2.05) is 18.7 Å². The molecule has 0 aromatic carbocycles. The Morgan fingerprint density at radius 2 is 2.20 bits per heavy atom. The Morgan fingerprint density at radius 1 is 1.45 bits per heavy atom. The molecule has 2 aliphatic heterocycles. The fourth-order valence-electron chi connectivity index (χ4n) is 2.91. The van der Waals surface area contributed by atoms with Crippen LogP contribution in [-0.2, 0) is 9.59 Å². The normalized spacial score (nSPS) is 25.9. The van der Waals surface area contributed by atoms with Gasteiger partial charge in [0.1, 0.15) is 6.04 Å². The third kappa shape index (κ3) is 4.35. The van der Waals surface area contributed by atoms with Crippen LogP contribution in [-0.4, -0.2) is 48.4 Å². The van der Waals surface area contributed by atoms with Crippen LogP contribution in [0.3, 0.4) is 0 Å². The predicted molar refractivity (Wildman–Crippen MR) is 80.9 cm³/mol. The van der Waals surface area contributed by atoms with E-state index in [1.165, 1.54) is 0 Å². The van der Waals surface area contributed by atoms with Gasteiger partial charge in [0.25, 0.3) is 0 Å². The van der Waals surface area contributed by atoms with Crippen LogP contribution in [0.2, 0.25) is 0 Å². The molecule has 2 amide bonds. The highest BCUT2D eigenvalue weighted by atomic mass is 35.5. The molecule has 0 bridgehead atoms. The van der Waals surface area contributed by atoms with Crippen LogP contribution >= 0.6 is 12.4 Å². The molecular weight excluding hydrogens is 278 g/mol. The van der Waals surface area contributed by atoms with Gasteiger partial charge >= 0.3 is 0 Å². The van der Waals surface area contributed by atoms with Gasteiger partial charge in [-0.3, -0.25) is 9.59 Å². The van der Waals surface area contributed by atoms with Crippen molar-refractivity contribution in [1.29, 1.82) is 0 Å². The van der Waals surface area contributed by atoms with Crippen molar-refractivity contribution >= 4 is 24.2 Å². The summed E-state index contributed by atoms with van der Waals surface area (Å²) in [6.45, 7) is 6.87. The fourth-order valence-corrected chi connectivity index (χ4v) is 2.91. The number of hydrogen-bond donors (Lipinski definition) is 2. The van der Waals surface area contributed by atoms with E-state index in [4.69, 9.17) is 0 Å². The molecule has 2 fully saturated rings. The van der Waals surface area contributed by atoms with E-state index in [9.17, 15) is 9.59 Å². The second-order valence-corrected chi connectivity index (χ2v) is 5.93. The molecule has 0 aromatic heterocycles. The first kappa shape index (κ1) is 17.2. The Bertz CT molecular complexity index is 343. The summed E-state index contributed by atoms with van der Waals surface area (Å²) >= 11 is 0. The molecule has 2 unspecified atom stereocenters. The lowest BCUT2D eigenvalue weighted by atomic mass is 10.0. The first-order valence-corrected chi connectivity index (χ1v) is 7.38. The number of carbonyl (C=O) groups is 2. The number of likely N-dealkylation sites (tertiary alicyclic amines) is 1. The van der Waals surface area contributed by atoms with Gasteiger partial charge in [-0.15, -0.1) is 12.4 Å². The number of carbonyl (C=O) groups excluding carboxylic acids is 2. The average Bonchev–Trinajstić information content (AvgIpc) is 2.98. The van der Waals surface area contributed by atoms with Gasteiger partial charge in [-0.05, 0) is 52.1 Å². The molecule has 0 aliphatic carbocycles. The fraction of sp³-hybridized carbons (Fsp3) is 0.857. The molecule has 116 valence electrons. The minimum Gasteiger partial charge on any atom is -0.344 e. The maximum Gasteiger partial charge on any atom is 0.245 e. The zero-order valence-electron chi connectivity index (χ0n) is 12.4. The minimum absolute atomic E-state index is 0. The Labute approximate surface area is 127 Å². The van der Waals surface area contributed by atoms with Crippen LogP contribution < -0.4 is 10.6 Å². The molecule has 2 aliphatic rings. The van der Waals surface area contributed by atoms with E-state index in [0.29, 0.717) is 12.3 Å². The summed E-state index contributed by atoms with van der Waals surface area (Å²) in [5, 5.41) is 6.19. The molecule has 2 N–H and O–H groups in total. The van der Waals surface area contributed by atoms with E-state index in [2.05, 4.69) is 10.6 Å². The highest BCUT2D eigenvalue weighted by Crippen LogP contribution is 2.16. The number of nitrogens with zero attached hydrogens (tertiary/aromatic N) is 1. The second kappa shape index (κ2) is 7.84. The van der Waals surface area contributed by atoms with E-state index in [0.717, 1.165) is 38.9 Å². The van der Waals surface area contributed by atoms with Crippen LogP contribution in [0, 0.1) is 5.92 Å². The van der Waals surface area contributed by atoms with Gasteiger partial charge in [-0.2, -0.15) is 0 Å². The lowest BCUT2D eigenvalue weighted by molar-refractivity contribution is -0.133. The lowest BCUT2D eigenvalue weighted by Crippen LogP contribution is -2.43. The van der Waals surface area contributed by atoms with E-state index in [-0.39, 0.29) is 36.3 Å².